The monoisotopic (exact) mass is 300 g/mol. The summed E-state index contributed by atoms with van der Waals surface area (Å²) in [6, 6.07) is 7.56. The summed E-state index contributed by atoms with van der Waals surface area (Å²) in [5.74, 6) is 0.388. The zero-order valence-electron chi connectivity index (χ0n) is 11.7. The third-order valence-electron chi connectivity index (χ3n) is 2.70. The molecule has 0 aliphatic rings. The second-order valence-corrected chi connectivity index (χ2v) is 6.27. The normalized spacial score (nSPS) is 11.1. The van der Waals surface area contributed by atoms with E-state index in [0.717, 1.165) is 11.3 Å². The molecule has 112 valence electrons. The van der Waals surface area contributed by atoms with Gasteiger partial charge in [-0.1, -0.05) is 12.1 Å². The van der Waals surface area contributed by atoms with Crippen molar-refractivity contribution in [2.24, 2.45) is 0 Å². The van der Waals surface area contributed by atoms with Crippen molar-refractivity contribution in [2.75, 3.05) is 26.0 Å². The number of benzene rings is 1. The van der Waals surface area contributed by atoms with Crippen LogP contribution in [0.1, 0.15) is 12.5 Å². The molecule has 0 unspecified atom stereocenters. The van der Waals surface area contributed by atoms with Crippen LogP contribution >= 0.6 is 0 Å². The van der Waals surface area contributed by atoms with E-state index in [9.17, 15) is 13.2 Å². The molecule has 6 nitrogen and oxygen atoms in total. The van der Waals surface area contributed by atoms with Crippen LogP contribution in [0.3, 0.4) is 0 Å². The molecule has 0 saturated carbocycles. The maximum Gasteiger partial charge on any atom is 0.235 e. The van der Waals surface area contributed by atoms with Gasteiger partial charge in [-0.3, -0.25) is 4.79 Å². The van der Waals surface area contributed by atoms with Crippen molar-refractivity contribution >= 4 is 15.9 Å². The topological polar surface area (TPSA) is 84.5 Å². The minimum Gasteiger partial charge on any atom is -0.497 e. The van der Waals surface area contributed by atoms with Crippen LogP contribution in [0.5, 0.6) is 5.75 Å². The fraction of sp³-hybridized carbons (Fsp3) is 0.462. The molecule has 0 aliphatic carbocycles. The first kappa shape index (κ1) is 16.5. The molecular formula is C13H20N2O4S. The second-order valence-electron chi connectivity index (χ2n) is 4.18. The number of hydrogen-bond donors (Lipinski definition) is 2. The second kappa shape index (κ2) is 7.86. The van der Waals surface area contributed by atoms with Gasteiger partial charge in [-0.25, -0.2) is 13.1 Å². The van der Waals surface area contributed by atoms with Gasteiger partial charge in [0.2, 0.25) is 15.9 Å². The van der Waals surface area contributed by atoms with Gasteiger partial charge in [-0.05, 0) is 31.0 Å². The Kier molecular flexibility index (Phi) is 6.47. The van der Waals surface area contributed by atoms with Crippen molar-refractivity contribution in [1.82, 2.24) is 10.0 Å². The molecule has 0 aliphatic heterocycles. The Hall–Kier alpha value is -1.60. The van der Waals surface area contributed by atoms with Crippen molar-refractivity contribution in [3.63, 3.8) is 0 Å². The van der Waals surface area contributed by atoms with Crippen molar-refractivity contribution in [2.45, 2.75) is 13.3 Å². The van der Waals surface area contributed by atoms with E-state index in [-0.39, 0.29) is 18.2 Å². The van der Waals surface area contributed by atoms with E-state index in [1.54, 1.807) is 7.11 Å². The lowest BCUT2D eigenvalue weighted by Crippen LogP contribution is -2.38. The Labute approximate surface area is 119 Å². The summed E-state index contributed by atoms with van der Waals surface area (Å²) in [7, 11) is -1.73. The number of methoxy groups -OCH3 is 1. The molecule has 2 N–H and O–H groups in total. The first-order chi connectivity index (χ1) is 9.46. The molecule has 0 saturated heterocycles. The highest BCUT2D eigenvalue weighted by atomic mass is 32.2. The third-order valence-corrected chi connectivity index (χ3v) is 4.05. The molecule has 1 rings (SSSR count). The van der Waals surface area contributed by atoms with Crippen LogP contribution in [0.15, 0.2) is 24.3 Å². The molecule has 7 heteroatoms. The molecule has 0 aromatic heterocycles. The van der Waals surface area contributed by atoms with Gasteiger partial charge in [0.05, 0.1) is 19.4 Å². The number of amides is 1. The summed E-state index contributed by atoms with van der Waals surface area (Å²) >= 11 is 0. The lowest BCUT2D eigenvalue weighted by Gasteiger charge is -2.07. The quantitative estimate of drug-likeness (QED) is 0.723. The largest absolute Gasteiger partial charge is 0.497 e. The first-order valence-corrected chi connectivity index (χ1v) is 7.99. The molecule has 20 heavy (non-hydrogen) atoms. The van der Waals surface area contributed by atoms with Crippen LogP contribution in [0.2, 0.25) is 0 Å². The average molecular weight is 300 g/mol. The predicted molar refractivity (Wildman–Crippen MR) is 77.2 cm³/mol. The Morgan fingerprint density at radius 3 is 2.75 bits per heavy atom. The molecule has 0 atom stereocenters. The lowest BCUT2D eigenvalue weighted by atomic mass is 10.1. The summed E-state index contributed by atoms with van der Waals surface area (Å²) in [6.07, 6.45) is 0.656. The van der Waals surface area contributed by atoms with E-state index < -0.39 is 10.0 Å². The van der Waals surface area contributed by atoms with Crippen LogP contribution in [-0.2, 0) is 21.2 Å². The Bertz CT molecular complexity index is 543. The number of carbonyl (C=O) groups excluding carboxylic acids is 1. The lowest BCUT2D eigenvalue weighted by molar-refractivity contribution is -0.119. The van der Waals surface area contributed by atoms with Gasteiger partial charge in [-0.15, -0.1) is 0 Å². The van der Waals surface area contributed by atoms with Crippen molar-refractivity contribution in [3.05, 3.63) is 29.8 Å². The van der Waals surface area contributed by atoms with Crippen molar-refractivity contribution in [3.8, 4) is 5.75 Å². The molecule has 0 heterocycles. The van der Waals surface area contributed by atoms with E-state index in [2.05, 4.69) is 10.0 Å². The number of nitrogens with one attached hydrogen (secondary N) is 2. The van der Waals surface area contributed by atoms with Crippen LogP contribution in [-0.4, -0.2) is 40.3 Å². The number of ether oxygens (including phenoxy) is 1. The van der Waals surface area contributed by atoms with Gasteiger partial charge in [0.25, 0.3) is 0 Å². The van der Waals surface area contributed by atoms with Gasteiger partial charge in [0.15, 0.2) is 0 Å². The Morgan fingerprint density at radius 1 is 1.35 bits per heavy atom. The van der Waals surface area contributed by atoms with E-state index in [1.165, 1.54) is 6.92 Å². The number of sulfonamides is 1. The molecule has 0 spiro atoms. The molecule has 0 radical (unpaired) electrons. The van der Waals surface area contributed by atoms with Gasteiger partial charge >= 0.3 is 0 Å². The fourth-order valence-electron chi connectivity index (χ4n) is 1.51. The van der Waals surface area contributed by atoms with E-state index >= 15 is 0 Å². The standard InChI is InChI=1S/C13H20N2O4S/c1-3-20(17,18)15-10-13(16)14-8-7-11-5-4-6-12(9-11)19-2/h4-6,9,15H,3,7-8,10H2,1-2H3,(H,14,16). The fourth-order valence-corrected chi connectivity index (χ4v) is 2.07. The summed E-state index contributed by atoms with van der Waals surface area (Å²) in [5.41, 5.74) is 1.04. The predicted octanol–water partition coefficient (Wildman–Crippen LogP) is 0.293. The molecule has 0 fully saturated rings. The molecule has 1 aromatic carbocycles. The summed E-state index contributed by atoms with van der Waals surface area (Å²) in [5, 5.41) is 2.66. The van der Waals surface area contributed by atoms with E-state index in [1.807, 2.05) is 24.3 Å². The van der Waals surface area contributed by atoms with E-state index in [0.29, 0.717) is 13.0 Å². The smallest absolute Gasteiger partial charge is 0.235 e. The summed E-state index contributed by atoms with van der Waals surface area (Å²) < 4.78 is 29.7. The molecular weight excluding hydrogens is 280 g/mol. The van der Waals surface area contributed by atoms with Gasteiger partial charge in [-0.2, -0.15) is 0 Å². The SMILES string of the molecule is CCS(=O)(=O)NCC(=O)NCCc1cccc(OC)c1. The highest BCUT2D eigenvalue weighted by Gasteiger charge is 2.08. The summed E-state index contributed by atoms with van der Waals surface area (Å²) in [4.78, 5) is 11.5. The molecule has 1 amide bonds. The summed E-state index contributed by atoms with van der Waals surface area (Å²) in [6.45, 7) is 1.73. The van der Waals surface area contributed by atoms with Crippen LogP contribution in [0.25, 0.3) is 0 Å². The Balaban J connectivity index is 2.31. The van der Waals surface area contributed by atoms with Crippen LogP contribution < -0.4 is 14.8 Å². The van der Waals surface area contributed by atoms with Crippen molar-refractivity contribution in [1.29, 1.82) is 0 Å². The number of rotatable bonds is 8. The van der Waals surface area contributed by atoms with E-state index in [4.69, 9.17) is 4.74 Å². The maximum absolute atomic E-state index is 11.5. The third kappa shape index (κ3) is 6.03. The van der Waals surface area contributed by atoms with Gasteiger partial charge in [0, 0.05) is 6.54 Å². The zero-order valence-corrected chi connectivity index (χ0v) is 12.5. The molecule has 1 aromatic rings. The maximum atomic E-state index is 11.5. The number of carbonyl (C=O) groups is 1. The minimum atomic E-state index is -3.33. The zero-order chi connectivity index (χ0) is 15.0. The van der Waals surface area contributed by atoms with Crippen LogP contribution in [0.4, 0.5) is 0 Å². The highest BCUT2D eigenvalue weighted by molar-refractivity contribution is 7.89. The van der Waals surface area contributed by atoms with Gasteiger partial charge < -0.3 is 10.1 Å². The minimum absolute atomic E-state index is 0.0376. The highest BCUT2D eigenvalue weighted by Crippen LogP contribution is 2.12. The first-order valence-electron chi connectivity index (χ1n) is 6.34. The average Bonchev–Trinajstić information content (AvgIpc) is 2.45. The van der Waals surface area contributed by atoms with Gasteiger partial charge in [0.1, 0.15) is 5.75 Å². The van der Waals surface area contributed by atoms with Crippen LogP contribution in [0, 0.1) is 0 Å². The number of hydrogen-bond acceptors (Lipinski definition) is 4. The molecule has 0 bridgehead atoms. The Morgan fingerprint density at radius 2 is 2.10 bits per heavy atom. The van der Waals surface area contributed by atoms with Crippen molar-refractivity contribution < 1.29 is 17.9 Å².